The first-order chi connectivity index (χ1) is 26.1. The molecule has 0 aliphatic rings. The molecule has 262 valence electrons. The van der Waals surface area contributed by atoms with Crippen LogP contribution in [0.5, 0.6) is 0 Å². The first kappa shape index (κ1) is 34.4. The molecular weight excluding hydrogens is 663 g/mol. The molecule has 0 aliphatic heterocycles. The van der Waals surface area contributed by atoms with E-state index in [-0.39, 0.29) is 0 Å². The van der Waals surface area contributed by atoms with E-state index >= 15 is 0 Å². The van der Waals surface area contributed by atoms with Gasteiger partial charge in [-0.25, -0.2) is 34.9 Å². The molecule has 0 radical (unpaired) electrons. The third-order valence-corrected chi connectivity index (χ3v) is 9.36. The summed E-state index contributed by atoms with van der Waals surface area (Å²) in [5.41, 5.74) is 15.0. The average molecular weight is 702 g/mol. The summed E-state index contributed by atoms with van der Waals surface area (Å²) in [7, 11) is 0. The maximum absolute atomic E-state index is 5.10. The lowest BCUT2D eigenvalue weighted by molar-refractivity contribution is 1.06. The maximum Gasteiger partial charge on any atom is 0.164 e. The van der Waals surface area contributed by atoms with Crippen molar-refractivity contribution in [2.45, 2.75) is 41.5 Å². The van der Waals surface area contributed by atoms with Crippen LogP contribution in [0, 0.1) is 41.5 Å². The molecule has 0 aliphatic carbocycles. The second kappa shape index (κ2) is 14.4. The van der Waals surface area contributed by atoms with Crippen LogP contribution in [0.15, 0.2) is 127 Å². The van der Waals surface area contributed by atoms with Crippen molar-refractivity contribution in [2.75, 3.05) is 0 Å². The van der Waals surface area contributed by atoms with E-state index in [4.69, 9.17) is 15.0 Å². The fourth-order valence-corrected chi connectivity index (χ4v) is 6.59. The number of benzene rings is 5. The summed E-state index contributed by atoms with van der Waals surface area (Å²) < 4.78 is 0. The highest BCUT2D eigenvalue weighted by atomic mass is 15.0. The SMILES string of the molecule is Cc1ccc(-c2nc(-c3ccc(C)cc3)nc(-c3cc(-c4ccc(-c5nc(C)cc(C)n5)cc4)cc(-c4ccc(-c5nc(C)cc(C)n5)cc4)c3)n2)cc1. The van der Waals surface area contributed by atoms with Crippen molar-refractivity contribution in [3.63, 3.8) is 0 Å². The van der Waals surface area contributed by atoms with Gasteiger partial charge in [-0.05, 0) is 94.1 Å². The lowest BCUT2D eigenvalue weighted by Gasteiger charge is -2.13. The second-order valence-electron chi connectivity index (χ2n) is 13.9. The minimum Gasteiger partial charge on any atom is -0.233 e. The molecule has 5 aromatic carbocycles. The van der Waals surface area contributed by atoms with Crippen molar-refractivity contribution < 1.29 is 0 Å². The van der Waals surface area contributed by atoms with Crippen molar-refractivity contribution in [2.24, 2.45) is 0 Å². The summed E-state index contributed by atoms with van der Waals surface area (Å²) in [6, 6.07) is 44.0. The van der Waals surface area contributed by atoms with E-state index in [0.29, 0.717) is 17.5 Å². The minimum atomic E-state index is 0.597. The van der Waals surface area contributed by atoms with Crippen LogP contribution >= 0.6 is 0 Å². The predicted octanol–water partition coefficient (Wildman–Crippen LogP) is 11.0. The number of hydrogen-bond acceptors (Lipinski definition) is 7. The largest absolute Gasteiger partial charge is 0.233 e. The zero-order valence-corrected chi connectivity index (χ0v) is 31.3. The lowest BCUT2D eigenvalue weighted by Crippen LogP contribution is -2.01. The predicted molar refractivity (Wildman–Crippen MR) is 217 cm³/mol. The molecule has 0 spiro atoms. The minimum absolute atomic E-state index is 0.597. The molecule has 7 nitrogen and oxygen atoms in total. The Labute approximate surface area is 316 Å². The first-order valence-corrected chi connectivity index (χ1v) is 18.1. The molecule has 0 bridgehead atoms. The highest BCUT2D eigenvalue weighted by Gasteiger charge is 2.16. The van der Waals surface area contributed by atoms with E-state index in [9.17, 15) is 0 Å². The van der Waals surface area contributed by atoms with Gasteiger partial charge in [0.05, 0.1) is 0 Å². The van der Waals surface area contributed by atoms with Gasteiger partial charge in [0.15, 0.2) is 29.1 Å². The molecule has 0 atom stereocenters. The van der Waals surface area contributed by atoms with Gasteiger partial charge in [-0.15, -0.1) is 0 Å². The maximum atomic E-state index is 5.10. The van der Waals surface area contributed by atoms with Gasteiger partial charge < -0.3 is 0 Å². The number of aryl methyl sites for hydroxylation is 6. The van der Waals surface area contributed by atoms with Crippen LogP contribution in [0.25, 0.3) is 79.2 Å². The van der Waals surface area contributed by atoms with Crippen molar-refractivity contribution in [3.8, 4) is 79.2 Å². The lowest BCUT2D eigenvalue weighted by atomic mass is 9.94. The highest BCUT2D eigenvalue weighted by Crippen LogP contribution is 2.35. The van der Waals surface area contributed by atoms with E-state index < -0.39 is 0 Å². The summed E-state index contributed by atoms with van der Waals surface area (Å²) in [6.07, 6.45) is 0. The summed E-state index contributed by atoms with van der Waals surface area (Å²) in [4.78, 5) is 33.9. The van der Waals surface area contributed by atoms with Crippen LogP contribution in [-0.4, -0.2) is 34.9 Å². The van der Waals surface area contributed by atoms with Gasteiger partial charge in [-0.1, -0.05) is 108 Å². The van der Waals surface area contributed by atoms with Crippen LogP contribution < -0.4 is 0 Å². The second-order valence-corrected chi connectivity index (χ2v) is 13.9. The third-order valence-electron chi connectivity index (χ3n) is 9.36. The molecule has 8 rings (SSSR count). The van der Waals surface area contributed by atoms with Gasteiger partial charge in [0.25, 0.3) is 0 Å². The molecule has 0 amide bonds. The van der Waals surface area contributed by atoms with Crippen LogP contribution in [0.4, 0.5) is 0 Å². The van der Waals surface area contributed by atoms with Gasteiger partial charge in [-0.2, -0.15) is 0 Å². The smallest absolute Gasteiger partial charge is 0.164 e. The van der Waals surface area contributed by atoms with E-state index in [1.165, 1.54) is 11.1 Å². The zero-order chi connectivity index (χ0) is 37.3. The molecule has 0 saturated carbocycles. The van der Waals surface area contributed by atoms with Crippen molar-refractivity contribution >= 4 is 0 Å². The Morgan fingerprint density at radius 1 is 0.222 bits per heavy atom. The average Bonchev–Trinajstić information content (AvgIpc) is 3.17. The molecule has 7 heteroatoms. The first-order valence-electron chi connectivity index (χ1n) is 18.1. The molecule has 54 heavy (non-hydrogen) atoms. The molecule has 0 saturated heterocycles. The van der Waals surface area contributed by atoms with Crippen LogP contribution in [-0.2, 0) is 0 Å². The van der Waals surface area contributed by atoms with Crippen LogP contribution in [0.3, 0.4) is 0 Å². The van der Waals surface area contributed by atoms with Crippen molar-refractivity contribution in [1.29, 1.82) is 0 Å². The number of rotatable bonds is 7. The summed E-state index contributed by atoms with van der Waals surface area (Å²) in [5, 5.41) is 0. The van der Waals surface area contributed by atoms with E-state index in [0.717, 1.165) is 84.5 Å². The Kier molecular flexibility index (Phi) is 9.14. The van der Waals surface area contributed by atoms with Gasteiger partial charge in [-0.3, -0.25) is 0 Å². The Bertz CT molecular complexity index is 2410. The molecule has 3 aromatic heterocycles. The number of nitrogens with zero attached hydrogens (tertiary/aromatic N) is 7. The normalized spacial score (nSPS) is 11.1. The van der Waals surface area contributed by atoms with Crippen LogP contribution in [0.1, 0.15) is 33.9 Å². The third kappa shape index (κ3) is 7.43. The van der Waals surface area contributed by atoms with E-state index in [1.54, 1.807) is 0 Å². The fourth-order valence-electron chi connectivity index (χ4n) is 6.59. The zero-order valence-electron chi connectivity index (χ0n) is 31.3. The fraction of sp³-hybridized carbons (Fsp3) is 0.128. The monoisotopic (exact) mass is 701 g/mol. The van der Waals surface area contributed by atoms with Crippen LogP contribution in [0.2, 0.25) is 0 Å². The topological polar surface area (TPSA) is 90.2 Å². The number of hydrogen-bond donors (Lipinski definition) is 0. The molecular formula is C47H39N7. The molecule has 0 unspecified atom stereocenters. The molecule has 3 heterocycles. The van der Waals surface area contributed by atoms with Crippen molar-refractivity contribution in [3.05, 3.63) is 161 Å². The summed E-state index contributed by atoms with van der Waals surface area (Å²) in [5.74, 6) is 3.29. The van der Waals surface area contributed by atoms with Gasteiger partial charge in [0, 0.05) is 50.6 Å². The number of aromatic nitrogens is 7. The molecule has 0 fully saturated rings. The molecule has 0 N–H and O–H groups in total. The Balaban J connectivity index is 1.28. The quantitative estimate of drug-likeness (QED) is 0.163. The Hall–Kier alpha value is -6.73. The van der Waals surface area contributed by atoms with Gasteiger partial charge in [0.2, 0.25) is 0 Å². The summed E-state index contributed by atoms with van der Waals surface area (Å²) in [6.45, 7) is 12.1. The van der Waals surface area contributed by atoms with Gasteiger partial charge in [0.1, 0.15) is 0 Å². The van der Waals surface area contributed by atoms with E-state index in [1.807, 2.05) is 39.8 Å². The van der Waals surface area contributed by atoms with E-state index in [2.05, 4.69) is 149 Å². The van der Waals surface area contributed by atoms with Crippen molar-refractivity contribution in [1.82, 2.24) is 34.9 Å². The Morgan fingerprint density at radius 2 is 0.463 bits per heavy atom. The molecule has 8 aromatic rings. The highest BCUT2D eigenvalue weighted by molar-refractivity contribution is 5.81. The standard InChI is InChI=1S/C47H39N7/c1-28-7-11-36(12-8-28)45-52-46(37-13-9-29(2)10-14-37)54-47(53-45)42-26-40(34-15-19-38(20-16-34)43-48-30(3)23-31(4)49-43)25-41(27-42)35-17-21-39(22-18-35)44-50-32(5)24-33(6)51-44/h7-27H,1-6H3. The van der Waals surface area contributed by atoms with Gasteiger partial charge >= 0.3 is 0 Å². The summed E-state index contributed by atoms with van der Waals surface area (Å²) >= 11 is 0. The Morgan fingerprint density at radius 3 is 0.796 bits per heavy atom.